The third-order valence-electron chi connectivity index (χ3n) is 2.08. The van der Waals surface area contributed by atoms with Gasteiger partial charge in [0, 0.05) is 16.5 Å². The number of thiazole rings is 1. The molecule has 2 aromatic rings. The Morgan fingerprint density at radius 3 is 3.11 bits per heavy atom. The maximum absolute atomic E-state index is 11.8. The van der Waals surface area contributed by atoms with E-state index >= 15 is 0 Å². The Balaban J connectivity index is 1.94. The summed E-state index contributed by atoms with van der Waals surface area (Å²) in [6.45, 7) is 0.827. The highest BCUT2D eigenvalue weighted by atomic mass is 32.1. The minimum absolute atomic E-state index is 0.0968. The Hall–Kier alpha value is -1.68. The summed E-state index contributed by atoms with van der Waals surface area (Å²) in [6.07, 6.45) is 1.75. The predicted molar refractivity (Wildman–Crippen MR) is 73.5 cm³/mol. The summed E-state index contributed by atoms with van der Waals surface area (Å²) in [6, 6.07) is 1.77. The van der Waals surface area contributed by atoms with E-state index in [0.717, 1.165) is 9.75 Å². The molecule has 0 aliphatic heterocycles. The van der Waals surface area contributed by atoms with Crippen LogP contribution in [0.1, 0.15) is 20.1 Å². The maximum Gasteiger partial charge on any atom is 0.252 e. The molecule has 0 spiro atoms. The van der Waals surface area contributed by atoms with Gasteiger partial charge in [0.1, 0.15) is 0 Å². The minimum Gasteiger partial charge on any atom is -0.347 e. The first-order valence-corrected chi connectivity index (χ1v) is 6.98. The molecule has 0 unspecified atom stereocenters. The molecule has 0 radical (unpaired) electrons. The molecule has 0 aromatic carbocycles. The van der Waals surface area contributed by atoms with Crippen molar-refractivity contribution < 1.29 is 4.79 Å². The number of carbonyl (C=O) groups is 1. The first kappa shape index (κ1) is 12.8. The predicted octanol–water partition coefficient (Wildman–Crippen LogP) is 1.44. The normalized spacial score (nSPS) is 9.61. The molecular weight excluding hydrogens is 266 g/mol. The van der Waals surface area contributed by atoms with Gasteiger partial charge in [-0.3, -0.25) is 9.78 Å². The SMILES string of the molecule is NCC#Cc1cc(C(=O)NCc2cncs2)cs1. The molecule has 2 aromatic heterocycles. The molecule has 6 heteroatoms. The Kier molecular flexibility index (Phi) is 4.47. The van der Waals surface area contributed by atoms with Crippen molar-refractivity contribution in [3.63, 3.8) is 0 Å². The van der Waals surface area contributed by atoms with Gasteiger partial charge in [-0.05, 0) is 6.07 Å². The van der Waals surface area contributed by atoms with Gasteiger partial charge in [-0.25, -0.2) is 0 Å². The molecule has 18 heavy (non-hydrogen) atoms. The van der Waals surface area contributed by atoms with E-state index in [1.165, 1.54) is 22.7 Å². The molecule has 0 saturated heterocycles. The van der Waals surface area contributed by atoms with Gasteiger partial charge in [-0.1, -0.05) is 11.8 Å². The van der Waals surface area contributed by atoms with E-state index in [4.69, 9.17) is 5.73 Å². The van der Waals surface area contributed by atoms with E-state index in [2.05, 4.69) is 22.1 Å². The second-order valence-electron chi connectivity index (χ2n) is 3.36. The first-order chi connectivity index (χ1) is 8.79. The molecule has 0 aliphatic carbocycles. The molecule has 0 atom stereocenters. The number of carbonyl (C=O) groups excluding carboxylic acids is 1. The van der Waals surface area contributed by atoms with E-state index in [-0.39, 0.29) is 5.91 Å². The Bertz CT molecular complexity index is 578. The Morgan fingerprint density at radius 2 is 2.39 bits per heavy atom. The average Bonchev–Trinajstić information content (AvgIpc) is 3.04. The number of nitrogens with two attached hydrogens (primary N) is 1. The zero-order valence-corrected chi connectivity index (χ0v) is 11.1. The lowest BCUT2D eigenvalue weighted by Crippen LogP contribution is -2.21. The van der Waals surface area contributed by atoms with Crippen LogP contribution in [0.25, 0.3) is 0 Å². The lowest BCUT2D eigenvalue weighted by atomic mass is 10.3. The van der Waals surface area contributed by atoms with Crippen molar-refractivity contribution in [1.82, 2.24) is 10.3 Å². The Labute approximate surface area is 113 Å². The molecule has 0 aliphatic rings. The molecule has 2 heterocycles. The van der Waals surface area contributed by atoms with Crippen LogP contribution >= 0.6 is 22.7 Å². The highest BCUT2D eigenvalue weighted by Gasteiger charge is 2.07. The highest BCUT2D eigenvalue weighted by Crippen LogP contribution is 2.13. The lowest BCUT2D eigenvalue weighted by Gasteiger charge is -2.00. The third-order valence-corrected chi connectivity index (χ3v) is 3.71. The molecular formula is C12H11N3OS2. The molecule has 0 fully saturated rings. The summed E-state index contributed by atoms with van der Waals surface area (Å²) in [5, 5.41) is 4.63. The standard InChI is InChI=1S/C12H11N3OS2/c13-3-1-2-10-4-9(7-17-10)12(16)15-6-11-5-14-8-18-11/h4-5,7-8H,3,6,13H2,(H,15,16). The van der Waals surface area contributed by atoms with Gasteiger partial charge in [0.05, 0.1) is 29.0 Å². The van der Waals surface area contributed by atoms with Crippen LogP contribution in [0.3, 0.4) is 0 Å². The fourth-order valence-corrected chi connectivity index (χ4v) is 2.55. The van der Waals surface area contributed by atoms with Gasteiger partial charge in [0.25, 0.3) is 5.91 Å². The number of hydrogen-bond donors (Lipinski definition) is 2. The van der Waals surface area contributed by atoms with E-state index in [0.29, 0.717) is 18.7 Å². The number of amides is 1. The van der Waals surface area contributed by atoms with Crippen LogP contribution in [-0.4, -0.2) is 17.4 Å². The van der Waals surface area contributed by atoms with Crippen molar-refractivity contribution in [3.05, 3.63) is 38.5 Å². The third kappa shape index (κ3) is 3.40. The van der Waals surface area contributed by atoms with Crippen molar-refractivity contribution in [1.29, 1.82) is 0 Å². The summed E-state index contributed by atoms with van der Waals surface area (Å²) in [5.41, 5.74) is 7.66. The monoisotopic (exact) mass is 277 g/mol. The lowest BCUT2D eigenvalue weighted by molar-refractivity contribution is 0.0951. The van der Waals surface area contributed by atoms with Gasteiger partial charge in [-0.2, -0.15) is 0 Å². The number of hydrogen-bond acceptors (Lipinski definition) is 5. The Morgan fingerprint density at radius 1 is 1.50 bits per heavy atom. The van der Waals surface area contributed by atoms with Crippen LogP contribution in [0.5, 0.6) is 0 Å². The number of thiophene rings is 1. The molecule has 4 nitrogen and oxygen atoms in total. The van der Waals surface area contributed by atoms with E-state index in [1.54, 1.807) is 23.2 Å². The molecule has 0 bridgehead atoms. The van der Waals surface area contributed by atoms with E-state index < -0.39 is 0 Å². The number of nitrogens with one attached hydrogen (secondary N) is 1. The van der Waals surface area contributed by atoms with Gasteiger partial charge in [0.2, 0.25) is 0 Å². The molecule has 92 valence electrons. The molecule has 2 rings (SSSR count). The summed E-state index contributed by atoms with van der Waals surface area (Å²) < 4.78 is 0. The topological polar surface area (TPSA) is 68.0 Å². The van der Waals surface area contributed by atoms with Gasteiger partial charge in [0.15, 0.2) is 0 Å². The maximum atomic E-state index is 11.8. The smallest absolute Gasteiger partial charge is 0.252 e. The van der Waals surface area contributed by atoms with Crippen molar-refractivity contribution in [2.45, 2.75) is 6.54 Å². The number of nitrogens with zero attached hydrogens (tertiary/aromatic N) is 1. The second-order valence-corrected chi connectivity index (χ2v) is 5.24. The fraction of sp³-hybridized carbons (Fsp3) is 0.167. The van der Waals surface area contributed by atoms with E-state index in [9.17, 15) is 4.79 Å². The van der Waals surface area contributed by atoms with Crippen molar-refractivity contribution >= 4 is 28.6 Å². The van der Waals surface area contributed by atoms with Crippen LogP contribution in [0, 0.1) is 11.8 Å². The van der Waals surface area contributed by atoms with Gasteiger partial charge in [-0.15, -0.1) is 22.7 Å². The number of rotatable bonds is 3. The quantitative estimate of drug-likeness (QED) is 0.834. The van der Waals surface area contributed by atoms with Gasteiger partial charge < -0.3 is 11.1 Å². The second kappa shape index (κ2) is 6.31. The van der Waals surface area contributed by atoms with Crippen LogP contribution in [-0.2, 0) is 6.54 Å². The summed E-state index contributed by atoms with van der Waals surface area (Å²) in [4.78, 5) is 17.7. The number of aromatic nitrogens is 1. The van der Waals surface area contributed by atoms with Crippen molar-refractivity contribution in [2.24, 2.45) is 5.73 Å². The minimum atomic E-state index is -0.0968. The zero-order chi connectivity index (χ0) is 12.8. The van der Waals surface area contributed by atoms with E-state index in [1.807, 2.05) is 0 Å². The molecule has 0 saturated carbocycles. The first-order valence-electron chi connectivity index (χ1n) is 5.22. The van der Waals surface area contributed by atoms with Crippen molar-refractivity contribution in [2.75, 3.05) is 6.54 Å². The van der Waals surface area contributed by atoms with Crippen molar-refractivity contribution in [3.8, 4) is 11.8 Å². The van der Waals surface area contributed by atoms with Crippen LogP contribution in [0.4, 0.5) is 0 Å². The summed E-state index contributed by atoms with van der Waals surface area (Å²) in [7, 11) is 0. The van der Waals surface area contributed by atoms with Crippen LogP contribution < -0.4 is 11.1 Å². The van der Waals surface area contributed by atoms with Gasteiger partial charge >= 0.3 is 0 Å². The fourth-order valence-electron chi connectivity index (χ4n) is 1.26. The van der Waals surface area contributed by atoms with Crippen LogP contribution in [0.2, 0.25) is 0 Å². The zero-order valence-electron chi connectivity index (χ0n) is 9.47. The average molecular weight is 277 g/mol. The molecule has 1 amide bonds. The summed E-state index contributed by atoms with van der Waals surface area (Å²) in [5.74, 6) is 5.57. The molecule has 3 N–H and O–H groups in total. The highest BCUT2D eigenvalue weighted by molar-refractivity contribution is 7.10. The van der Waals surface area contributed by atoms with Crippen LogP contribution in [0.15, 0.2) is 23.2 Å². The largest absolute Gasteiger partial charge is 0.347 e. The summed E-state index contributed by atoms with van der Waals surface area (Å²) >= 11 is 2.96.